The van der Waals surface area contributed by atoms with Gasteiger partial charge in [0.15, 0.2) is 0 Å². The molecule has 0 aromatic heterocycles. The molecule has 2 N–H and O–H groups in total. The fraction of sp³-hybridized carbons (Fsp3) is 0.529. The molecule has 23 heavy (non-hydrogen) atoms. The summed E-state index contributed by atoms with van der Waals surface area (Å²) < 4.78 is 18.8. The van der Waals surface area contributed by atoms with E-state index >= 15 is 0 Å². The summed E-state index contributed by atoms with van der Waals surface area (Å²) in [6.07, 6.45) is -0.657. The van der Waals surface area contributed by atoms with E-state index in [0.29, 0.717) is 11.3 Å². The Morgan fingerprint density at radius 1 is 1.30 bits per heavy atom. The number of rotatable bonds is 3. The molecule has 2 atom stereocenters. The van der Waals surface area contributed by atoms with E-state index in [1.807, 2.05) is 13.8 Å². The minimum Gasteiger partial charge on any atom is -0.481 e. The number of hydrogen-bond donors (Lipinski definition) is 2. The zero-order valence-electron chi connectivity index (χ0n) is 13.9. The number of benzene rings is 1. The first kappa shape index (κ1) is 17.2. The van der Waals surface area contributed by atoms with Crippen LogP contribution in [0.25, 0.3) is 0 Å². The van der Waals surface area contributed by atoms with Gasteiger partial charge >= 0.3 is 12.1 Å². The zero-order chi connectivity index (χ0) is 17.6. The zero-order valence-corrected chi connectivity index (χ0v) is 13.9. The fourth-order valence-electron chi connectivity index (χ4n) is 3.00. The molecule has 1 aromatic carbocycles. The average molecular weight is 323 g/mol. The summed E-state index contributed by atoms with van der Waals surface area (Å²) in [5.74, 6) is -2.36. The van der Waals surface area contributed by atoms with E-state index in [2.05, 4.69) is 5.32 Å². The van der Waals surface area contributed by atoms with Crippen molar-refractivity contribution in [3.63, 3.8) is 0 Å². The number of ether oxygens (including phenoxy) is 1. The van der Waals surface area contributed by atoms with Gasteiger partial charge in [0.05, 0.1) is 5.92 Å². The second-order valence-corrected chi connectivity index (χ2v) is 7.47. The molecule has 1 fully saturated rings. The van der Waals surface area contributed by atoms with Crippen LogP contribution in [0.4, 0.5) is 14.9 Å². The van der Waals surface area contributed by atoms with Gasteiger partial charge < -0.3 is 9.84 Å². The van der Waals surface area contributed by atoms with E-state index in [-0.39, 0.29) is 5.92 Å². The molecule has 0 spiro atoms. The van der Waals surface area contributed by atoms with Crippen LogP contribution in [0.5, 0.6) is 0 Å². The van der Waals surface area contributed by atoms with Crippen molar-refractivity contribution in [3.8, 4) is 0 Å². The molecule has 0 aliphatic heterocycles. The van der Waals surface area contributed by atoms with E-state index in [1.54, 1.807) is 20.8 Å². The molecule has 5 nitrogen and oxygen atoms in total. The van der Waals surface area contributed by atoms with Crippen LogP contribution in [-0.2, 0) is 9.53 Å². The Balaban J connectivity index is 2.29. The SMILES string of the molecule is CC(C)(C)OC(=O)Nc1ccc(F)cc1C1C(C(=O)O)C1(C)C. The number of nitrogens with one attached hydrogen (secondary N) is 1. The maximum Gasteiger partial charge on any atom is 0.412 e. The summed E-state index contributed by atoms with van der Waals surface area (Å²) in [5.41, 5.74) is -0.299. The lowest BCUT2D eigenvalue weighted by atomic mass is 10.0. The largest absolute Gasteiger partial charge is 0.481 e. The van der Waals surface area contributed by atoms with Crippen molar-refractivity contribution < 1.29 is 23.8 Å². The Hall–Kier alpha value is -2.11. The van der Waals surface area contributed by atoms with Crippen molar-refractivity contribution in [1.29, 1.82) is 0 Å². The maximum atomic E-state index is 13.6. The fourth-order valence-corrected chi connectivity index (χ4v) is 3.00. The highest BCUT2D eigenvalue weighted by Crippen LogP contribution is 2.65. The van der Waals surface area contributed by atoms with Crippen LogP contribution in [0.1, 0.15) is 46.1 Å². The minimum absolute atomic E-state index is 0.361. The van der Waals surface area contributed by atoms with Crippen LogP contribution in [0.3, 0.4) is 0 Å². The highest BCUT2D eigenvalue weighted by Gasteiger charge is 2.63. The summed E-state index contributed by atoms with van der Waals surface area (Å²) in [6, 6.07) is 3.94. The normalized spacial score (nSPS) is 22.3. The topological polar surface area (TPSA) is 75.6 Å². The van der Waals surface area contributed by atoms with Crippen LogP contribution in [0.15, 0.2) is 18.2 Å². The highest BCUT2D eigenvalue weighted by molar-refractivity contribution is 5.87. The van der Waals surface area contributed by atoms with E-state index < -0.39 is 34.8 Å². The molecule has 2 rings (SSSR count). The van der Waals surface area contributed by atoms with Crippen LogP contribution in [0.2, 0.25) is 0 Å². The first-order valence-electron chi connectivity index (χ1n) is 7.46. The third-order valence-corrected chi connectivity index (χ3v) is 4.08. The second-order valence-electron chi connectivity index (χ2n) is 7.47. The smallest absolute Gasteiger partial charge is 0.412 e. The van der Waals surface area contributed by atoms with Crippen molar-refractivity contribution in [2.24, 2.45) is 11.3 Å². The number of halogens is 1. The standard InChI is InChI=1S/C17H22FNO4/c1-16(2,3)23-15(22)19-11-7-6-9(18)8-10(11)12-13(14(20)21)17(12,4)5/h6-8,12-13H,1-5H3,(H,19,22)(H,20,21). The van der Waals surface area contributed by atoms with Crippen molar-refractivity contribution in [2.45, 2.75) is 46.1 Å². The van der Waals surface area contributed by atoms with Crippen molar-refractivity contribution in [2.75, 3.05) is 5.32 Å². The van der Waals surface area contributed by atoms with Gasteiger partial charge in [-0.15, -0.1) is 0 Å². The third kappa shape index (κ3) is 3.63. The predicted molar refractivity (Wildman–Crippen MR) is 83.9 cm³/mol. The first-order chi connectivity index (χ1) is 10.4. The predicted octanol–water partition coefficient (Wildman–Crippen LogP) is 4.00. The number of hydrogen-bond acceptors (Lipinski definition) is 3. The Labute approximate surface area is 134 Å². The highest BCUT2D eigenvalue weighted by atomic mass is 19.1. The summed E-state index contributed by atoms with van der Waals surface area (Å²) in [6.45, 7) is 8.85. The molecule has 1 aromatic rings. The van der Waals surface area contributed by atoms with Crippen molar-refractivity contribution in [1.82, 2.24) is 0 Å². The van der Waals surface area contributed by atoms with Crippen molar-refractivity contribution in [3.05, 3.63) is 29.6 Å². The lowest BCUT2D eigenvalue weighted by Gasteiger charge is -2.20. The molecule has 0 saturated heterocycles. The van der Waals surface area contributed by atoms with E-state index in [0.717, 1.165) is 0 Å². The number of carboxylic acid groups (broad SMARTS) is 1. The maximum absolute atomic E-state index is 13.6. The molecule has 126 valence electrons. The number of anilines is 1. The van der Waals surface area contributed by atoms with Gasteiger partial charge in [0, 0.05) is 11.6 Å². The quantitative estimate of drug-likeness (QED) is 0.881. The molecule has 1 aliphatic carbocycles. The van der Waals surface area contributed by atoms with Gasteiger partial charge in [0.1, 0.15) is 11.4 Å². The summed E-state index contributed by atoms with van der Waals surface area (Å²) in [5, 5.41) is 11.9. The molecular weight excluding hydrogens is 301 g/mol. The molecule has 2 unspecified atom stereocenters. The molecule has 6 heteroatoms. The summed E-state index contributed by atoms with van der Waals surface area (Å²) >= 11 is 0. The van der Waals surface area contributed by atoms with Gasteiger partial charge in [-0.3, -0.25) is 10.1 Å². The van der Waals surface area contributed by atoms with E-state index in [9.17, 15) is 19.1 Å². The number of carbonyl (C=O) groups excluding carboxylic acids is 1. The molecule has 0 radical (unpaired) electrons. The van der Waals surface area contributed by atoms with Crippen molar-refractivity contribution >= 4 is 17.7 Å². The Morgan fingerprint density at radius 2 is 1.91 bits per heavy atom. The lowest BCUT2D eigenvalue weighted by Crippen LogP contribution is -2.27. The van der Waals surface area contributed by atoms with Gasteiger partial charge in [0.2, 0.25) is 0 Å². The number of aliphatic carboxylic acids is 1. The van der Waals surface area contributed by atoms with Crippen LogP contribution in [0, 0.1) is 17.2 Å². The second kappa shape index (κ2) is 5.51. The number of carboxylic acids is 1. The van der Waals surface area contributed by atoms with Crippen LogP contribution < -0.4 is 5.32 Å². The van der Waals surface area contributed by atoms with Gasteiger partial charge in [-0.2, -0.15) is 0 Å². The van der Waals surface area contributed by atoms with Crippen LogP contribution >= 0.6 is 0 Å². The molecular formula is C17H22FNO4. The molecule has 1 aliphatic rings. The van der Waals surface area contributed by atoms with Gasteiger partial charge in [-0.25, -0.2) is 9.18 Å². The Bertz CT molecular complexity index is 648. The monoisotopic (exact) mass is 323 g/mol. The average Bonchev–Trinajstić information content (AvgIpc) is 2.92. The summed E-state index contributed by atoms with van der Waals surface area (Å²) in [7, 11) is 0. The van der Waals surface area contributed by atoms with Gasteiger partial charge in [-0.1, -0.05) is 13.8 Å². The van der Waals surface area contributed by atoms with Gasteiger partial charge in [0.25, 0.3) is 0 Å². The Kier molecular flexibility index (Phi) is 4.13. The Morgan fingerprint density at radius 3 is 2.39 bits per heavy atom. The lowest BCUT2D eigenvalue weighted by molar-refractivity contribution is -0.139. The molecule has 0 heterocycles. The number of carbonyl (C=O) groups is 2. The van der Waals surface area contributed by atoms with Gasteiger partial charge in [-0.05, 0) is 49.9 Å². The third-order valence-electron chi connectivity index (χ3n) is 4.08. The van der Waals surface area contributed by atoms with Crippen LogP contribution in [-0.4, -0.2) is 22.8 Å². The minimum atomic E-state index is -0.924. The first-order valence-corrected chi connectivity index (χ1v) is 7.46. The molecule has 0 bridgehead atoms. The molecule has 1 saturated carbocycles. The molecule has 1 amide bonds. The number of amides is 1. The van der Waals surface area contributed by atoms with E-state index in [4.69, 9.17) is 4.74 Å². The van der Waals surface area contributed by atoms with E-state index in [1.165, 1.54) is 18.2 Å². The summed E-state index contributed by atoms with van der Waals surface area (Å²) in [4.78, 5) is 23.3.